The molecule has 166 valence electrons. The number of rotatable bonds is 3. The van der Waals surface area contributed by atoms with Crippen LogP contribution in [0.3, 0.4) is 0 Å². The van der Waals surface area contributed by atoms with Gasteiger partial charge in [0.25, 0.3) is 0 Å². The summed E-state index contributed by atoms with van der Waals surface area (Å²) in [4.78, 5) is 7.45. The molecule has 0 spiro atoms. The number of benzene rings is 3. The molecule has 0 N–H and O–H groups in total. The second-order valence-electron chi connectivity index (χ2n) is 8.89. The fourth-order valence-electron chi connectivity index (χ4n) is 4.86. The second-order valence-corrected chi connectivity index (χ2v) is 9.88. The van der Waals surface area contributed by atoms with Gasteiger partial charge in [-0.25, -0.2) is 0 Å². The van der Waals surface area contributed by atoms with Crippen LogP contribution in [0.1, 0.15) is 41.3 Å². The molecular formula is C28H26BrN3O. The van der Waals surface area contributed by atoms with Crippen LogP contribution < -0.4 is 4.90 Å². The van der Waals surface area contributed by atoms with E-state index < -0.39 is 0 Å². The van der Waals surface area contributed by atoms with E-state index in [0.29, 0.717) is 5.56 Å². The molecule has 2 aliphatic rings. The van der Waals surface area contributed by atoms with Crippen LogP contribution in [0.2, 0.25) is 0 Å². The molecule has 3 aromatic carbocycles. The van der Waals surface area contributed by atoms with Crippen molar-refractivity contribution >= 4 is 33.5 Å². The minimum atomic E-state index is 0.137. The van der Waals surface area contributed by atoms with Gasteiger partial charge in [-0.3, -0.25) is 4.99 Å². The second kappa shape index (κ2) is 9.13. The molecule has 3 aromatic rings. The number of fused-ring (bicyclic) bond motifs is 1. The van der Waals surface area contributed by atoms with Gasteiger partial charge in [0.15, 0.2) is 0 Å². The number of nitriles is 1. The molecule has 0 amide bonds. The lowest BCUT2D eigenvalue weighted by Gasteiger charge is -2.37. The minimum absolute atomic E-state index is 0.137. The van der Waals surface area contributed by atoms with Crippen molar-refractivity contribution < 1.29 is 4.74 Å². The summed E-state index contributed by atoms with van der Waals surface area (Å²) in [6.45, 7) is 6.10. The monoisotopic (exact) mass is 499 g/mol. The molecule has 4 atom stereocenters. The summed E-state index contributed by atoms with van der Waals surface area (Å²) in [5.41, 5.74) is 7.48. The van der Waals surface area contributed by atoms with Crippen LogP contribution in [0, 0.1) is 11.3 Å². The summed E-state index contributed by atoms with van der Waals surface area (Å²) in [5.74, 6) is 0.158. The Kier molecular flexibility index (Phi) is 6.05. The maximum atomic E-state index is 9.09. The van der Waals surface area contributed by atoms with Gasteiger partial charge in [-0.05, 0) is 54.8 Å². The van der Waals surface area contributed by atoms with Crippen molar-refractivity contribution in [1.82, 2.24) is 0 Å². The lowest BCUT2D eigenvalue weighted by atomic mass is 9.87. The molecule has 5 heteroatoms. The van der Waals surface area contributed by atoms with Crippen molar-refractivity contribution in [1.29, 1.82) is 5.26 Å². The first kappa shape index (κ1) is 21.9. The molecule has 0 saturated carbocycles. The summed E-state index contributed by atoms with van der Waals surface area (Å²) in [6, 6.07) is 25.1. The van der Waals surface area contributed by atoms with E-state index in [1.807, 2.05) is 24.3 Å². The first-order chi connectivity index (χ1) is 16.0. The predicted octanol–water partition coefficient (Wildman–Crippen LogP) is 6.77. The number of hydrogen-bond donors (Lipinski definition) is 0. The number of halogens is 1. The van der Waals surface area contributed by atoms with Crippen LogP contribution in [0.25, 0.3) is 11.1 Å². The average molecular weight is 500 g/mol. The van der Waals surface area contributed by atoms with Gasteiger partial charge in [0.2, 0.25) is 0 Å². The molecule has 1 saturated heterocycles. The highest BCUT2D eigenvalue weighted by Gasteiger charge is 2.28. The highest BCUT2D eigenvalue weighted by molar-refractivity contribution is 9.09. The largest absolute Gasteiger partial charge is 0.372 e. The van der Waals surface area contributed by atoms with Gasteiger partial charge in [0.1, 0.15) is 0 Å². The number of ether oxygens (including phenoxy) is 1. The Morgan fingerprint density at radius 2 is 1.67 bits per heavy atom. The Labute approximate surface area is 203 Å². The third-order valence-corrected chi connectivity index (χ3v) is 7.49. The SMILES string of the molecule is C[C@@H]1CN(c2ccc(C3C=Nc4c(-c5ccc(C#N)cc5)cccc4C3Br)cc2)C[C@H](C)O1. The number of alkyl halides is 1. The number of hydrogen-bond acceptors (Lipinski definition) is 4. The number of aliphatic imine (C=N–C) groups is 1. The van der Waals surface area contributed by atoms with Crippen molar-refractivity contribution in [3.63, 3.8) is 0 Å². The Balaban J connectivity index is 1.40. The first-order valence-electron chi connectivity index (χ1n) is 11.4. The summed E-state index contributed by atoms with van der Waals surface area (Å²) in [5, 5.41) is 9.09. The summed E-state index contributed by atoms with van der Waals surface area (Å²) in [7, 11) is 0. The Hall–Kier alpha value is -2.94. The minimum Gasteiger partial charge on any atom is -0.372 e. The maximum absolute atomic E-state index is 9.09. The fraction of sp³-hybridized carbons (Fsp3) is 0.286. The molecule has 0 radical (unpaired) electrons. The predicted molar refractivity (Wildman–Crippen MR) is 138 cm³/mol. The van der Waals surface area contributed by atoms with Crippen LogP contribution in [0.15, 0.2) is 71.7 Å². The van der Waals surface area contributed by atoms with Gasteiger partial charge in [0.05, 0.1) is 34.4 Å². The summed E-state index contributed by atoms with van der Waals surface area (Å²) >= 11 is 3.97. The van der Waals surface area contributed by atoms with E-state index in [1.54, 1.807) is 0 Å². The molecular weight excluding hydrogens is 474 g/mol. The summed E-state index contributed by atoms with van der Waals surface area (Å²) < 4.78 is 5.88. The number of nitrogens with zero attached hydrogens (tertiary/aromatic N) is 3. The van der Waals surface area contributed by atoms with Crippen molar-refractivity contribution in [2.45, 2.75) is 36.8 Å². The van der Waals surface area contributed by atoms with Gasteiger partial charge in [-0.2, -0.15) is 5.26 Å². The highest BCUT2D eigenvalue weighted by Crippen LogP contribution is 2.48. The molecule has 33 heavy (non-hydrogen) atoms. The van der Waals surface area contributed by atoms with E-state index in [2.05, 4.69) is 89.4 Å². The highest BCUT2D eigenvalue weighted by atomic mass is 79.9. The maximum Gasteiger partial charge on any atom is 0.0991 e. The fourth-order valence-corrected chi connectivity index (χ4v) is 5.67. The molecule has 2 aliphatic heterocycles. The molecule has 1 fully saturated rings. The van der Waals surface area contributed by atoms with Gasteiger partial charge >= 0.3 is 0 Å². The standard InChI is InChI=1S/C28H26BrN3O/c1-18-16-32(17-19(2)33-18)23-12-10-22(11-13-23)26-15-31-28-24(4-3-5-25(28)27(26)29)21-8-6-20(14-30)7-9-21/h3-13,15,18-19,26-27H,16-17H2,1-2H3/t18-,19+,26?,27?. The van der Waals surface area contributed by atoms with Crippen molar-refractivity contribution in [2.24, 2.45) is 4.99 Å². The molecule has 4 nitrogen and oxygen atoms in total. The van der Waals surface area contributed by atoms with Gasteiger partial charge in [-0.15, -0.1) is 0 Å². The van der Waals surface area contributed by atoms with Gasteiger partial charge in [-0.1, -0.05) is 58.4 Å². The zero-order valence-corrected chi connectivity index (χ0v) is 20.4. The Morgan fingerprint density at radius 1 is 0.970 bits per heavy atom. The van der Waals surface area contributed by atoms with E-state index in [0.717, 1.165) is 29.9 Å². The number of anilines is 1. The lowest BCUT2D eigenvalue weighted by Crippen LogP contribution is -2.45. The van der Waals surface area contributed by atoms with Gasteiger partial charge in [0, 0.05) is 36.5 Å². The number of para-hydroxylation sites is 1. The van der Waals surface area contributed by atoms with E-state index in [1.165, 1.54) is 16.8 Å². The Morgan fingerprint density at radius 3 is 2.33 bits per heavy atom. The molecule has 2 unspecified atom stereocenters. The van der Waals surface area contributed by atoms with Crippen LogP contribution in [-0.4, -0.2) is 31.5 Å². The van der Waals surface area contributed by atoms with Crippen LogP contribution in [0.4, 0.5) is 11.4 Å². The van der Waals surface area contributed by atoms with Crippen molar-refractivity contribution in [3.05, 3.63) is 83.4 Å². The van der Waals surface area contributed by atoms with E-state index in [9.17, 15) is 0 Å². The summed E-state index contributed by atoms with van der Waals surface area (Å²) in [6.07, 6.45) is 2.54. The van der Waals surface area contributed by atoms with Gasteiger partial charge < -0.3 is 9.64 Å². The molecule has 0 bridgehead atoms. The zero-order chi connectivity index (χ0) is 22.9. The molecule has 2 heterocycles. The van der Waals surface area contributed by atoms with E-state index in [4.69, 9.17) is 15.0 Å². The molecule has 0 aliphatic carbocycles. The number of morpholine rings is 1. The van der Waals surface area contributed by atoms with E-state index in [-0.39, 0.29) is 23.0 Å². The van der Waals surface area contributed by atoms with Crippen LogP contribution in [0.5, 0.6) is 0 Å². The first-order valence-corrected chi connectivity index (χ1v) is 12.3. The normalized spacial score (nSPS) is 24.2. The topological polar surface area (TPSA) is 48.6 Å². The smallest absolute Gasteiger partial charge is 0.0991 e. The third-order valence-electron chi connectivity index (χ3n) is 6.43. The molecule has 5 rings (SSSR count). The van der Waals surface area contributed by atoms with Crippen LogP contribution >= 0.6 is 15.9 Å². The average Bonchev–Trinajstić information content (AvgIpc) is 2.84. The lowest BCUT2D eigenvalue weighted by molar-refractivity contribution is -0.00521. The van der Waals surface area contributed by atoms with Crippen molar-refractivity contribution in [2.75, 3.05) is 18.0 Å². The molecule has 0 aromatic heterocycles. The quantitative estimate of drug-likeness (QED) is 0.373. The zero-order valence-electron chi connectivity index (χ0n) is 18.8. The van der Waals surface area contributed by atoms with Crippen LogP contribution in [-0.2, 0) is 4.74 Å². The van der Waals surface area contributed by atoms with E-state index >= 15 is 0 Å². The van der Waals surface area contributed by atoms with Crippen molar-refractivity contribution in [3.8, 4) is 17.2 Å². The Bertz CT molecular complexity index is 1200. The third kappa shape index (κ3) is 4.34.